The molecule has 0 atom stereocenters. The summed E-state index contributed by atoms with van der Waals surface area (Å²) in [6.45, 7) is 4.45. The Bertz CT molecular complexity index is 337. The molecule has 16 heavy (non-hydrogen) atoms. The fraction of sp³-hybridized carbons (Fsp3) is 0.538. The first-order valence-corrected chi connectivity index (χ1v) is 7.04. The van der Waals surface area contributed by atoms with Crippen LogP contribution in [0.2, 0.25) is 0 Å². The minimum absolute atomic E-state index is 0.563. The molecule has 0 aliphatic heterocycles. The van der Waals surface area contributed by atoms with Crippen LogP contribution in [0, 0.1) is 0 Å². The van der Waals surface area contributed by atoms with Crippen LogP contribution in [0.4, 0.5) is 5.69 Å². The molecule has 3 heteroatoms. The summed E-state index contributed by atoms with van der Waals surface area (Å²) in [7, 11) is 2.15. The number of benzene rings is 1. The molecule has 0 saturated heterocycles. The lowest BCUT2D eigenvalue weighted by Crippen LogP contribution is -2.31. The molecular formula is C13H19BrClN. The van der Waals surface area contributed by atoms with Crippen LogP contribution in [-0.4, -0.2) is 13.1 Å². The molecule has 1 aromatic rings. The van der Waals surface area contributed by atoms with Crippen LogP contribution >= 0.6 is 27.5 Å². The highest BCUT2D eigenvalue weighted by Gasteiger charge is 2.14. The summed E-state index contributed by atoms with van der Waals surface area (Å²) in [5.74, 6) is 0.563. The van der Waals surface area contributed by atoms with Crippen molar-refractivity contribution in [2.24, 2.45) is 0 Å². The number of nitrogens with zero attached hydrogens (tertiary/aromatic N) is 1. The maximum atomic E-state index is 5.98. The van der Waals surface area contributed by atoms with Crippen molar-refractivity contribution in [1.82, 2.24) is 0 Å². The van der Waals surface area contributed by atoms with Crippen LogP contribution < -0.4 is 4.90 Å². The molecule has 0 unspecified atom stereocenters. The molecule has 0 heterocycles. The summed E-state index contributed by atoms with van der Waals surface area (Å²) < 4.78 is 1.11. The largest absolute Gasteiger partial charge is 0.371 e. The van der Waals surface area contributed by atoms with Gasteiger partial charge >= 0.3 is 0 Å². The van der Waals surface area contributed by atoms with Gasteiger partial charge in [-0.05, 0) is 30.5 Å². The molecule has 0 aromatic heterocycles. The third kappa shape index (κ3) is 3.14. The Hall–Kier alpha value is -0.210. The first-order valence-electron chi connectivity index (χ1n) is 5.71. The second-order valence-corrected chi connectivity index (χ2v) is 5.17. The van der Waals surface area contributed by atoms with Crippen molar-refractivity contribution in [2.45, 2.75) is 38.6 Å². The van der Waals surface area contributed by atoms with Crippen molar-refractivity contribution in [2.75, 3.05) is 11.9 Å². The van der Waals surface area contributed by atoms with E-state index >= 15 is 0 Å². The Morgan fingerprint density at radius 2 is 1.94 bits per heavy atom. The second kappa shape index (κ2) is 6.51. The van der Waals surface area contributed by atoms with E-state index in [1.807, 2.05) is 6.07 Å². The molecule has 0 aliphatic carbocycles. The van der Waals surface area contributed by atoms with E-state index in [2.05, 4.69) is 53.9 Å². The van der Waals surface area contributed by atoms with Crippen LogP contribution in [0.15, 0.2) is 22.7 Å². The van der Waals surface area contributed by atoms with E-state index in [9.17, 15) is 0 Å². The molecule has 0 saturated carbocycles. The lowest BCUT2D eigenvalue weighted by molar-refractivity contribution is 0.590. The fourth-order valence-corrected chi connectivity index (χ4v) is 2.59. The molecule has 0 bridgehead atoms. The number of hydrogen-bond donors (Lipinski definition) is 0. The molecule has 1 aromatic carbocycles. The van der Waals surface area contributed by atoms with E-state index in [1.54, 1.807) is 0 Å². The van der Waals surface area contributed by atoms with Gasteiger partial charge in [0.25, 0.3) is 0 Å². The minimum Gasteiger partial charge on any atom is -0.371 e. The highest BCUT2D eigenvalue weighted by molar-refractivity contribution is 9.10. The highest BCUT2D eigenvalue weighted by atomic mass is 79.9. The monoisotopic (exact) mass is 303 g/mol. The van der Waals surface area contributed by atoms with E-state index in [4.69, 9.17) is 11.6 Å². The number of anilines is 1. The van der Waals surface area contributed by atoms with Crippen LogP contribution in [0.25, 0.3) is 0 Å². The lowest BCUT2D eigenvalue weighted by atomic mass is 10.1. The van der Waals surface area contributed by atoms with Crippen LogP contribution in [0.3, 0.4) is 0 Å². The quantitative estimate of drug-likeness (QED) is 0.705. The summed E-state index contributed by atoms with van der Waals surface area (Å²) >= 11 is 9.49. The first-order chi connectivity index (χ1) is 7.63. The van der Waals surface area contributed by atoms with Crippen LogP contribution in [0.1, 0.15) is 32.3 Å². The number of hydrogen-bond acceptors (Lipinski definition) is 1. The van der Waals surface area contributed by atoms with Gasteiger partial charge in [0.1, 0.15) is 0 Å². The van der Waals surface area contributed by atoms with Crippen molar-refractivity contribution in [3.05, 3.63) is 28.2 Å². The Morgan fingerprint density at radius 1 is 1.31 bits per heavy atom. The first kappa shape index (κ1) is 13.9. The summed E-state index contributed by atoms with van der Waals surface area (Å²) in [5.41, 5.74) is 2.43. The molecule has 0 N–H and O–H groups in total. The zero-order valence-electron chi connectivity index (χ0n) is 10.1. The molecule has 0 radical (unpaired) electrons. The van der Waals surface area contributed by atoms with Gasteiger partial charge in [0.15, 0.2) is 0 Å². The second-order valence-electron chi connectivity index (χ2n) is 3.99. The van der Waals surface area contributed by atoms with E-state index in [1.165, 1.54) is 11.3 Å². The summed E-state index contributed by atoms with van der Waals surface area (Å²) in [4.78, 5) is 2.34. The van der Waals surface area contributed by atoms with Crippen molar-refractivity contribution < 1.29 is 0 Å². The SMILES string of the molecule is CCC(CC)N(C)c1cc(Br)ccc1CCl. The number of halogens is 2. The van der Waals surface area contributed by atoms with E-state index in [-0.39, 0.29) is 0 Å². The van der Waals surface area contributed by atoms with Crippen molar-refractivity contribution in [3.8, 4) is 0 Å². The summed E-state index contributed by atoms with van der Waals surface area (Å²) in [6.07, 6.45) is 2.31. The summed E-state index contributed by atoms with van der Waals surface area (Å²) in [6, 6.07) is 6.86. The van der Waals surface area contributed by atoms with Crippen molar-refractivity contribution >= 4 is 33.2 Å². The smallest absolute Gasteiger partial charge is 0.0494 e. The number of rotatable bonds is 5. The predicted octanol–water partition coefficient (Wildman–Crippen LogP) is 4.81. The van der Waals surface area contributed by atoms with E-state index in [0.29, 0.717) is 11.9 Å². The maximum absolute atomic E-state index is 5.98. The Labute approximate surface area is 112 Å². The third-order valence-corrected chi connectivity index (χ3v) is 3.84. The van der Waals surface area contributed by atoms with Gasteiger partial charge in [0, 0.05) is 29.1 Å². The lowest BCUT2D eigenvalue weighted by Gasteiger charge is -2.30. The Balaban J connectivity index is 3.04. The standard InChI is InChI=1S/C13H19BrClN/c1-4-12(5-2)16(3)13-8-11(14)7-6-10(13)9-15/h6-8,12H,4-5,9H2,1-3H3. The molecule has 1 nitrogen and oxygen atoms in total. The van der Waals surface area contributed by atoms with Gasteiger partial charge in [-0.2, -0.15) is 0 Å². The average molecular weight is 305 g/mol. The van der Waals surface area contributed by atoms with Crippen molar-refractivity contribution in [3.63, 3.8) is 0 Å². The van der Waals surface area contributed by atoms with Crippen LogP contribution in [0.5, 0.6) is 0 Å². The molecule has 0 amide bonds. The number of alkyl halides is 1. The Kier molecular flexibility index (Phi) is 5.63. The van der Waals surface area contributed by atoms with Gasteiger partial charge in [-0.15, -0.1) is 11.6 Å². The van der Waals surface area contributed by atoms with Gasteiger partial charge in [0.2, 0.25) is 0 Å². The topological polar surface area (TPSA) is 3.24 Å². The Morgan fingerprint density at radius 3 is 2.44 bits per heavy atom. The van der Waals surface area contributed by atoms with Gasteiger partial charge < -0.3 is 4.90 Å². The summed E-state index contributed by atoms with van der Waals surface area (Å²) in [5, 5.41) is 0. The van der Waals surface area contributed by atoms with E-state index < -0.39 is 0 Å². The fourth-order valence-electron chi connectivity index (χ4n) is 2.01. The molecular weight excluding hydrogens is 286 g/mol. The van der Waals surface area contributed by atoms with Gasteiger partial charge in [0.05, 0.1) is 0 Å². The third-order valence-electron chi connectivity index (χ3n) is 3.06. The normalized spacial score (nSPS) is 10.9. The van der Waals surface area contributed by atoms with Crippen LogP contribution in [-0.2, 0) is 5.88 Å². The van der Waals surface area contributed by atoms with Gasteiger partial charge in [-0.25, -0.2) is 0 Å². The highest BCUT2D eigenvalue weighted by Crippen LogP contribution is 2.28. The van der Waals surface area contributed by atoms with Gasteiger partial charge in [-0.1, -0.05) is 35.8 Å². The molecule has 0 aliphatic rings. The zero-order chi connectivity index (χ0) is 12.1. The van der Waals surface area contributed by atoms with Crippen molar-refractivity contribution in [1.29, 1.82) is 0 Å². The maximum Gasteiger partial charge on any atom is 0.0494 e. The molecule has 0 fully saturated rings. The van der Waals surface area contributed by atoms with Gasteiger partial charge in [-0.3, -0.25) is 0 Å². The average Bonchev–Trinajstić information content (AvgIpc) is 2.30. The predicted molar refractivity (Wildman–Crippen MR) is 76.5 cm³/mol. The minimum atomic E-state index is 0.563. The molecule has 90 valence electrons. The molecule has 1 rings (SSSR count). The molecule has 0 spiro atoms. The van der Waals surface area contributed by atoms with E-state index in [0.717, 1.165) is 17.3 Å². The zero-order valence-corrected chi connectivity index (χ0v) is 12.5.